The lowest BCUT2D eigenvalue weighted by Crippen LogP contribution is -2.27. The minimum Gasteiger partial charge on any atom is -0.444 e. The summed E-state index contributed by atoms with van der Waals surface area (Å²) in [5.41, 5.74) is 0.260. The Morgan fingerprint density at radius 1 is 1.23 bits per heavy atom. The fourth-order valence-corrected chi connectivity index (χ4v) is 2.41. The van der Waals surface area contributed by atoms with Crippen molar-refractivity contribution in [3.63, 3.8) is 0 Å². The van der Waals surface area contributed by atoms with Crippen molar-refractivity contribution in [2.45, 2.75) is 26.4 Å². The normalized spacial score (nSPS) is 11.1. The smallest absolute Gasteiger partial charge is 0.412 e. The Kier molecular flexibility index (Phi) is 6.06. The molecule has 30 heavy (non-hydrogen) atoms. The molecule has 0 unspecified atom stereocenters. The van der Waals surface area contributed by atoms with E-state index >= 15 is 0 Å². The molecule has 1 amide bonds. The first-order chi connectivity index (χ1) is 14.1. The van der Waals surface area contributed by atoms with Crippen LogP contribution < -0.4 is 15.4 Å². The van der Waals surface area contributed by atoms with E-state index in [-0.39, 0.29) is 28.3 Å². The first kappa shape index (κ1) is 21.3. The van der Waals surface area contributed by atoms with Crippen LogP contribution in [0.15, 0.2) is 36.8 Å². The Morgan fingerprint density at radius 2 is 2.00 bits per heavy atom. The number of rotatable bonds is 5. The third-order valence-electron chi connectivity index (χ3n) is 3.46. The molecule has 0 spiro atoms. The fourth-order valence-electron chi connectivity index (χ4n) is 2.28. The average Bonchev–Trinajstić information content (AvgIpc) is 3.04. The molecule has 0 saturated carbocycles. The van der Waals surface area contributed by atoms with Gasteiger partial charge in [0, 0.05) is 25.0 Å². The van der Waals surface area contributed by atoms with Gasteiger partial charge >= 0.3 is 6.09 Å². The van der Waals surface area contributed by atoms with Gasteiger partial charge in [0.05, 0.1) is 18.1 Å². The summed E-state index contributed by atoms with van der Waals surface area (Å²) in [6, 6.07) is 3.82. The van der Waals surface area contributed by atoms with Gasteiger partial charge in [0.25, 0.3) is 0 Å². The molecule has 2 N–H and O–H groups in total. The standard InChI is InChI=1S/C19H20ClFN6O3/c1-19(2,3)30-18(28)25-11-5-6-14(21)15(7-11)29-16-13(20)9-22-17(26-16)24-12-8-23-27(4)10-12/h5-10H,1-4H3,(H,25,28)(H,22,24,26). The molecule has 0 aliphatic rings. The van der Waals surface area contributed by atoms with Crippen LogP contribution in [0, 0.1) is 5.82 Å². The van der Waals surface area contributed by atoms with Crippen LogP contribution in [0.3, 0.4) is 0 Å². The molecule has 0 aliphatic heterocycles. The molecule has 2 aromatic heterocycles. The van der Waals surface area contributed by atoms with Gasteiger partial charge in [-0.2, -0.15) is 10.1 Å². The Balaban J connectivity index is 1.78. The van der Waals surface area contributed by atoms with E-state index in [9.17, 15) is 9.18 Å². The molecule has 158 valence electrons. The van der Waals surface area contributed by atoms with Crippen LogP contribution in [0.4, 0.5) is 26.5 Å². The highest BCUT2D eigenvalue weighted by Crippen LogP contribution is 2.31. The second-order valence-electron chi connectivity index (χ2n) is 7.25. The van der Waals surface area contributed by atoms with Gasteiger partial charge in [-0.15, -0.1) is 0 Å². The number of nitrogens with zero attached hydrogens (tertiary/aromatic N) is 4. The number of carbonyl (C=O) groups is 1. The third kappa shape index (κ3) is 5.80. The van der Waals surface area contributed by atoms with Crippen molar-refractivity contribution in [1.82, 2.24) is 19.7 Å². The number of aryl methyl sites for hydroxylation is 1. The lowest BCUT2D eigenvalue weighted by atomic mass is 10.2. The summed E-state index contributed by atoms with van der Waals surface area (Å²) in [5.74, 6) is -0.727. The van der Waals surface area contributed by atoms with Crippen LogP contribution in [0.25, 0.3) is 0 Å². The average molecular weight is 435 g/mol. The van der Waals surface area contributed by atoms with Crippen molar-refractivity contribution in [1.29, 1.82) is 0 Å². The minimum absolute atomic E-state index is 0.0635. The highest BCUT2D eigenvalue weighted by molar-refractivity contribution is 6.31. The van der Waals surface area contributed by atoms with Crippen LogP contribution in [0.2, 0.25) is 5.02 Å². The van der Waals surface area contributed by atoms with Crippen molar-refractivity contribution in [2.75, 3.05) is 10.6 Å². The molecular weight excluding hydrogens is 415 g/mol. The number of nitrogens with one attached hydrogen (secondary N) is 2. The van der Waals surface area contributed by atoms with Crippen molar-refractivity contribution in [3.8, 4) is 11.6 Å². The predicted octanol–water partition coefficient (Wildman–Crippen LogP) is 4.89. The van der Waals surface area contributed by atoms with Gasteiger partial charge < -0.3 is 14.8 Å². The van der Waals surface area contributed by atoms with Crippen LogP contribution in [0.5, 0.6) is 11.6 Å². The van der Waals surface area contributed by atoms with Crippen LogP contribution >= 0.6 is 11.6 Å². The number of hydrogen-bond acceptors (Lipinski definition) is 7. The van der Waals surface area contributed by atoms with E-state index in [4.69, 9.17) is 21.1 Å². The summed E-state index contributed by atoms with van der Waals surface area (Å²) in [4.78, 5) is 20.2. The van der Waals surface area contributed by atoms with Gasteiger partial charge in [-0.05, 0) is 32.9 Å². The molecule has 0 saturated heterocycles. The van der Waals surface area contributed by atoms with Crippen LogP contribution in [-0.2, 0) is 11.8 Å². The van der Waals surface area contributed by atoms with E-state index in [2.05, 4.69) is 25.7 Å². The van der Waals surface area contributed by atoms with E-state index in [1.54, 1.807) is 44.9 Å². The zero-order valence-electron chi connectivity index (χ0n) is 16.7. The number of anilines is 3. The van der Waals surface area contributed by atoms with Crippen LogP contribution in [0.1, 0.15) is 20.8 Å². The van der Waals surface area contributed by atoms with Crippen molar-refractivity contribution >= 4 is 35.0 Å². The Labute approximate surface area is 177 Å². The molecule has 9 nitrogen and oxygen atoms in total. The fraction of sp³-hybridized carbons (Fsp3) is 0.263. The molecule has 0 fully saturated rings. The number of amides is 1. The molecule has 11 heteroatoms. The first-order valence-corrected chi connectivity index (χ1v) is 9.22. The Hall–Kier alpha value is -3.40. The number of carbonyl (C=O) groups excluding carboxylic acids is 1. The topological polar surface area (TPSA) is 103 Å². The largest absolute Gasteiger partial charge is 0.444 e. The highest BCUT2D eigenvalue weighted by atomic mass is 35.5. The zero-order valence-corrected chi connectivity index (χ0v) is 17.5. The van der Waals surface area contributed by atoms with E-state index < -0.39 is 17.5 Å². The first-order valence-electron chi connectivity index (χ1n) is 8.85. The summed E-state index contributed by atoms with van der Waals surface area (Å²) in [5, 5.41) is 9.57. The van der Waals surface area contributed by atoms with Crippen molar-refractivity contribution < 1.29 is 18.7 Å². The molecule has 0 aliphatic carbocycles. The van der Waals surface area contributed by atoms with Crippen molar-refractivity contribution in [3.05, 3.63) is 47.6 Å². The third-order valence-corrected chi connectivity index (χ3v) is 3.72. The summed E-state index contributed by atoms with van der Waals surface area (Å²) in [6.45, 7) is 5.21. The summed E-state index contributed by atoms with van der Waals surface area (Å²) in [7, 11) is 1.77. The number of hydrogen-bond donors (Lipinski definition) is 2. The lowest BCUT2D eigenvalue weighted by Gasteiger charge is -2.19. The maximum atomic E-state index is 14.3. The summed E-state index contributed by atoms with van der Waals surface area (Å²) < 4.78 is 26.6. The zero-order chi connectivity index (χ0) is 21.9. The second kappa shape index (κ2) is 8.54. The number of aromatic nitrogens is 4. The molecule has 3 rings (SSSR count). The minimum atomic E-state index is -0.678. The van der Waals surface area contributed by atoms with Gasteiger partial charge in [0.2, 0.25) is 11.8 Å². The number of ether oxygens (including phenoxy) is 2. The summed E-state index contributed by atoms with van der Waals surface area (Å²) >= 11 is 6.10. The molecule has 0 bridgehead atoms. The maximum Gasteiger partial charge on any atom is 0.412 e. The van der Waals surface area contributed by atoms with E-state index in [0.29, 0.717) is 5.69 Å². The maximum absolute atomic E-state index is 14.3. The second-order valence-corrected chi connectivity index (χ2v) is 7.66. The molecule has 2 heterocycles. The van der Waals surface area contributed by atoms with Crippen LogP contribution in [-0.4, -0.2) is 31.4 Å². The van der Waals surface area contributed by atoms with E-state index in [1.807, 2.05) is 0 Å². The lowest BCUT2D eigenvalue weighted by molar-refractivity contribution is 0.0636. The molecular formula is C19H20ClFN6O3. The highest BCUT2D eigenvalue weighted by Gasteiger charge is 2.18. The molecule has 0 radical (unpaired) electrons. The van der Waals surface area contributed by atoms with E-state index in [0.717, 1.165) is 6.07 Å². The number of benzene rings is 1. The van der Waals surface area contributed by atoms with E-state index in [1.165, 1.54) is 18.3 Å². The monoisotopic (exact) mass is 434 g/mol. The quantitative estimate of drug-likeness (QED) is 0.589. The van der Waals surface area contributed by atoms with Gasteiger partial charge in [0.1, 0.15) is 10.6 Å². The predicted molar refractivity (Wildman–Crippen MR) is 110 cm³/mol. The van der Waals surface area contributed by atoms with Gasteiger partial charge in [-0.1, -0.05) is 11.6 Å². The molecule has 3 aromatic rings. The molecule has 0 atom stereocenters. The molecule has 1 aromatic carbocycles. The van der Waals surface area contributed by atoms with Crippen molar-refractivity contribution in [2.24, 2.45) is 7.05 Å². The number of halogens is 2. The summed E-state index contributed by atoms with van der Waals surface area (Å²) in [6.07, 6.45) is 3.96. The Morgan fingerprint density at radius 3 is 2.67 bits per heavy atom. The van der Waals surface area contributed by atoms with Gasteiger partial charge in [-0.25, -0.2) is 14.2 Å². The van der Waals surface area contributed by atoms with Gasteiger partial charge in [-0.3, -0.25) is 10.00 Å². The Bertz CT molecular complexity index is 1070. The van der Waals surface area contributed by atoms with Gasteiger partial charge in [0.15, 0.2) is 11.6 Å². The SMILES string of the molecule is Cn1cc(Nc2ncc(Cl)c(Oc3cc(NC(=O)OC(C)(C)C)ccc3F)n2)cn1.